The molecule has 1 aromatic carbocycles. The number of oxazole rings is 1. The molecule has 2 fully saturated rings. The third-order valence-corrected chi connectivity index (χ3v) is 8.83. The molecule has 0 bridgehead atoms. The first kappa shape index (κ1) is 32.9. The molecule has 0 amide bonds. The van der Waals surface area contributed by atoms with Crippen LogP contribution in [0.25, 0.3) is 0 Å². The molecule has 12 nitrogen and oxygen atoms in total. The molecule has 0 aliphatic carbocycles. The predicted octanol–water partition coefficient (Wildman–Crippen LogP) is 3.35. The lowest BCUT2D eigenvalue weighted by molar-refractivity contribution is -0.205. The molecule has 244 valence electrons. The summed E-state index contributed by atoms with van der Waals surface area (Å²) in [6.07, 6.45) is 0.251. The van der Waals surface area contributed by atoms with E-state index in [0.717, 1.165) is 11.1 Å². The third kappa shape index (κ3) is 6.06. The molecule has 0 spiro atoms. The van der Waals surface area contributed by atoms with E-state index in [9.17, 15) is 19.1 Å². The fraction of sp³-hybridized carbons (Fsp3) is 0.517. The minimum absolute atomic E-state index is 0.00721. The van der Waals surface area contributed by atoms with E-state index in [-0.39, 0.29) is 47.4 Å². The standard InChI is InChI=1S/C29H33ClF3N5O7/c1-14-22(34-13-44-14)25-35-18(21(26(39)43-5)23(36-25)16-7-6-15(31)8-17(16)30)9-37-12-29(32,33)24-19(37)11-45-38(24)10-20(42-4)28(2,3)27(40)41/h6-8,13,19-20,23-24H,9-12H2,1-5H3,(H,35,36)(H,40,41)/t19-,20-,23-,24+/m0/s1. The summed E-state index contributed by atoms with van der Waals surface area (Å²) in [6, 6.07) is 0.256. The Balaban J connectivity index is 1.51. The zero-order valence-corrected chi connectivity index (χ0v) is 25.9. The molecule has 2 N–H and O–H groups in total. The Kier molecular flexibility index (Phi) is 9.03. The number of carbonyl (C=O) groups excluding carboxylic acids is 1. The number of aromatic nitrogens is 1. The SMILES string of the molecule is COC(=O)C1=C(CN2CC(F)(F)[C@H]3[C@@H]2CON3C[C@H](OC)C(C)(C)C(=O)O)NC(c2ncoc2C)=N[C@H]1c1ccc(F)cc1Cl. The lowest BCUT2D eigenvalue weighted by Crippen LogP contribution is -2.51. The van der Waals surface area contributed by atoms with Crippen molar-refractivity contribution in [2.45, 2.75) is 50.9 Å². The van der Waals surface area contributed by atoms with E-state index >= 15 is 8.78 Å². The number of aliphatic imine (C=N–C) groups is 1. The van der Waals surface area contributed by atoms with E-state index in [1.807, 2.05) is 0 Å². The number of aliphatic carboxylic acids is 1. The number of rotatable bonds is 10. The van der Waals surface area contributed by atoms with Crippen LogP contribution >= 0.6 is 11.6 Å². The van der Waals surface area contributed by atoms with Crippen molar-refractivity contribution in [3.05, 3.63) is 63.7 Å². The Labute approximate surface area is 261 Å². The van der Waals surface area contributed by atoms with E-state index in [2.05, 4.69) is 15.3 Å². The largest absolute Gasteiger partial charge is 0.481 e. The first-order valence-electron chi connectivity index (χ1n) is 14.0. The highest BCUT2D eigenvalue weighted by Crippen LogP contribution is 2.43. The van der Waals surface area contributed by atoms with Gasteiger partial charge < -0.3 is 24.3 Å². The molecule has 16 heteroatoms. The average molecular weight is 656 g/mol. The van der Waals surface area contributed by atoms with E-state index in [4.69, 9.17) is 30.3 Å². The van der Waals surface area contributed by atoms with E-state index in [1.165, 1.54) is 51.5 Å². The molecule has 4 atom stereocenters. The highest BCUT2D eigenvalue weighted by molar-refractivity contribution is 6.31. The molecule has 2 aromatic rings. The fourth-order valence-electron chi connectivity index (χ4n) is 5.93. The molecule has 2 saturated heterocycles. The number of benzene rings is 1. The van der Waals surface area contributed by atoms with Crippen LogP contribution in [0.3, 0.4) is 0 Å². The van der Waals surface area contributed by atoms with E-state index in [1.54, 1.807) is 6.92 Å². The number of hydrogen-bond donors (Lipinski definition) is 2. The van der Waals surface area contributed by atoms with Gasteiger partial charge in [0, 0.05) is 29.9 Å². The molecule has 4 heterocycles. The van der Waals surface area contributed by atoms with Gasteiger partial charge in [0.2, 0.25) is 0 Å². The molecule has 0 radical (unpaired) electrons. The van der Waals surface area contributed by atoms with Crippen molar-refractivity contribution < 1.29 is 46.6 Å². The average Bonchev–Trinajstić information content (AvgIpc) is 3.67. The topological polar surface area (TPSA) is 139 Å². The maximum absolute atomic E-state index is 15.7. The van der Waals surface area contributed by atoms with Crippen molar-refractivity contribution in [1.82, 2.24) is 20.3 Å². The molecular weight excluding hydrogens is 623 g/mol. The van der Waals surface area contributed by atoms with Crippen molar-refractivity contribution in [2.75, 3.05) is 40.5 Å². The number of hydrogen-bond acceptors (Lipinski definition) is 11. The van der Waals surface area contributed by atoms with Gasteiger partial charge in [-0.25, -0.2) is 22.9 Å². The maximum atomic E-state index is 15.7. The summed E-state index contributed by atoms with van der Waals surface area (Å²) in [5.74, 6) is -5.25. The zero-order chi connectivity index (χ0) is 32.8. The minimum Gasteiger partial charge on any atom is -0.481 e. The lowest BCUT2D eigenvalue weighted by atomic mass is 9.86. The van der Waals surface area contributed by atoms with Crippen LogP contribution in [-0.2, 0) is 23.9 Å². The number of esters is 1. The van der Waals surface area contributed by atoms with Crippen molar-refractivity contribution in [2.24, 2.45) is 10.4 Å². The summed E-state index contributed by atoms with van der Waals surface area (Å²) in [7, 11) is 2.49. The van der Waals surface area contributed by atoms with Gasteiger partial charge >= 0.3 is 11.9 Å². The number of methoxy groups -OCH3 is 2. The van der Waals surface area contributed by atoms with Crippen LogP contribution in [0.5, 0.6) is 0 Å². The first-order chi connectivity index (χ1) is 21.2. The molecule has 3 aliphatic heterocycles. The second kappa shape index (κ2) is 12.4. The number of aryl methyl sites for hydroxylation is 1. The van der Waals surface area contributed by atoms with Gasteiger partial charge in [-0.1, -0.05) is 17.7 Å². The molecule has 0 saturated carbocycles. The maximum Gasteiger partial charge on any atom is 0.338 e. The monoisotopic (exact) mass is 655 g/mol. The Bertz CT molecular complexity index is 1550. The van der Waals surface area contributed by atoms with Crippen LogP contribution in [0, 0.1) is 18.2 Å². The van der Waals surface area contributed by atoms with E-state index in [0.29, 0.717) is 11.5 Å². The molecule has 45 heavy (non-hydrogen) atoms. The molecule has 3 aliphatic rings. The number of amidine groups is 1. The first-order valence-corrected chi connectivity index (χ1v) is 14.4. The number of nitrogens with one attached hydrogen (secondary N) is 1. The lowest BCUT2D eigenvalue weighted by Gasteiger charge is -2.34. The number of carbonyl (C=O) groups is 2. The second-order valence-corrected chi connectivity index (χ2v) is 12.0. The van der Waals surface area contributed by atoms with Gasteiger partial charge in [-0.2, -0.15) is 5.06 Å². The summed E-state index contributed by atoms with van der Waals surface area (Å²) in [4.78, 5) is 41.2. The Morgan fingerprint density at radius 3 is 2.64 bits per heavy atom. The number of fused-ring (bicyclic) bond motifs is 1. The number of halogens is 4. The minimum atomic E-state index is -3.28. The van der Waals surface area contributed by atoms with Gasteiger partial charge in [-0.3, -0.25) is 19.5 Å². The number of carboxylic acids is 1. The van der Waals surface area contributed by atoms with Gasteiger partial charge in [0.1, 0.15) is 29.4 Å². The van der Waals surface area contributed by atoms with Crippen LogP contribution in [0.4, 0.5) is 13.2 Å². The van der Waals surface area contributed by atoms with Crippen molar-refractivity contribution in [3.63, 3.8) is 0 Å². The van der Waals surface area contributed by atoms with Crippen molar-refractivity contribution in [3.8, 4) is 0 Å². The molecular formula is C29H33ClF3N5O7. The van der Waals surface area contributed by atoms with Crippen LogP contribution in [-0.4, -0.2) is 102 Å². The molecule has 0 unspecified atom stereocenters. The Morgan fingerprint density at radius 1 is 1.31 bits per heavy atom. The number of carboxylic acid groups (broad SMARTS) is 1. The van der Waals surface area contributed by atoms with Gasteiger partial charge in [-0.15, -0.1) is 0 Å². The summed E-state index contributed by atoms with van der Waals surface area (Å²) < 4.78 is 61.2. The van der Waals surface area contributed by atoms with Crippen molar-refractivity contribution in [1.29, 1.82) is 0 Å². The summed E-state index contributed by atoms with van der Waals surface area (Å²) >= 11 is 6.41. The normalized spacial score (nSPS) is 24.3. The Hall–Kier alpha value is -3.50. The van der Waals surface area contributed by atoms with Gasteiger partial charge in [0.15, 0.2) is 12.2 Å². The highest BCUT2D eigenvalue weighted by Gasteiger charge is 2.61. The number of hydroxylamine groups is 2. The summed E-state index contributed by atoms with van der Waals surface area (Å²) in [6.45, 7) is 3.32. The quantitative estimate of drug-likeness (QED) is 0.365. The number of nitrogens with zero attached hydrogens (tertiary/aromatic N) is 4. The second-order valence-electron chi connectivity index (χ2n) is 11.6. The van der Waals surface area contributed by atoms with Gasteiger partial charge in [-0.05, 0) is 32.9 Å². The highest BCUT2D eigenvalue weighted by atomic mass is 35.5. The van der Waals surface area contributed by atoms with Crippen LogP contribution in [0.2, 0.25) is 5.02 Å². The van der Waals surface area contributed by atoms with Gasteiger partial charge in [0.05, 0.1) is 49.9 Å². The smallest absolute Gasteiger partial charge is 0.338 e. The fourth-order valence-corrected chi connectivity index (χ4v) is 6.20. The predicted molar refractivity (Wildman–Crippen MR) is 153 cm³/mol. The summed E-state index contributed by atoms with van der Waals surface area (Å²) in [5, 5.41) is 13.8. The van der Waals surface area contributed by atoms with Crippen LogP contribution < -0.4 is 5.32 Å². The van der Waals surface area contributed by atoms with Crippen LogP contribution in [0.15, 0.2) is 45.3 Å². The summed E-state index contributed by atoms with van der Waals surface area (Å²) in [5.41, 5.74) is -0.617. The number of likely N-dealkylation sites (tertiary alicyclic amines) is 1. The molecule has 1 aromatic heterocycles. The van der Waals surface area contributed by atoms with Crippen LogP contribution in [0.1, 0.15) is 36.9 Å². The van der Waals surface area contributed by atoms with E-state index < -0.39 is 59.9 Å². The number of ether oxygens (including phenoxy) is 2. The third-order valence-electron chi connectivity index (χ3n) is 8.51. The molecule has 5 rings (SSSR count). The van der Waals surface area contributed by atoms with Crippen molar-refractivity contribution >= 4 is 29.4 Å². The van der Waals surface area contributed by atoms with Gasteiger partial charge in [0.25, 0.3) is 5.92 Å². The Morgan fingerprint density at radius 2 is 2.04 bits per heavy atom. The zero-order valence-electron chi connectivity index (χ0n) is 25.1. The number of alkyl halides is 2.